The third-order valence-corrected chi connectivity index (χ3v) is 4.57. The zero-order chi connectivity index (χ0) is 18.1. The highest BCUT2D eigenvalue weighted by Crippen LogP contribution is 2.28. The molecule has 0 spiro atoms. The molecule has 2 aromatic carbocycles. The molecule has 1 aliphatic rings. The minimum absolute atomic E-state index is 0.0102. The molecule has 0 radical (unpaired) electrons. The van der Waals surface area contributed by atoms with Gasteiger partial charge in [0, 0.05) is 9.64 Å². The molecule has 9 heteroatoms. The van der Waals surface area contributed by atoms with E-state index in [2.05, 4.69) is 27.6 Å². The number of nitrogens with zero attached hydrogens (tertiary/aromatic N) is 2. The van der Waals surface area contributed by atoms with E-state index in [1.807, 2.05) is 6.07 Å². The Morgan fingerprint density at radius 3 is 2.60 bits per heavy atom. The van der Waals surface area contributed by atoms with Gasteiger partial charge in [-0.05, 0) is 58.5 Å². The molecule has 0 saturated heterocycles. The quantitative estimate of drug-likeness (QED) is 0.203. The van der Waals surface area contributed by atoms with Gasteiger partial charge in [-0.2, -0.15) is 0 Å². The minimum atomic E-state index is -0.664. The van der Waals surface area contributed by atoms with E-state index >= 15 is 0 Å². The molecule has 0 bridgehead atoms. The number of esters is 1. The molecule has 126 valence electrons. The number of carbonyl (C=O) groups is 1. The second-order valence-electron chi connectivity index (χ2n) is 4.93. The zero-order valence-corrected chi connectivity index (χ0v) is 15.9. The number of nitro groups is 1. The molecular formula is C16H7Cl2IN2O4. The molecule has 0 amide bonds. The van der Waals surface area contributed by atoms with Gasteiger partial charge >= 0.3 is 5.97 Å². The summed E-state index contributed by atoms with van der Waals surface area (Å²) in [6.45, 7) is 0. The van der Waals surface area contributed by atoms with Crippen LogP contribution >= 0.6 is 45.8 Å². The summed E-state index contributed by atoms with van der Waals surface area (Å²) in [6.07, 6.45) is 1.39. The Hall–Kier alpha value is -1.97. The van der Waals surface area contributed by atoms with Gasteiger partial charge in [0.25, 0.3) is 5.69 Å². The number of rotatable bonds is 3. The van der Waals surface area contributed by atoms with Gasteiger partial charge in [-0.1, -0.05) is 29.3 Å². The van der Waals surface area contributed by atoms with Gasteiger partial charge in [0.15, 0.2) is 5.70 Å². The van der Waals surface area contributed by atoms with Crippen molar-refractivity contribution in [2.45, 2.75) is 0 Å². The highest BCUT2D eigenvalue weighted by atomic mass is 127. The van der Waals surface area contributed by atoms with Crippen molar-refractivity contribution in [3.05, 3.63) is 77.0 Å². The number of hydrogen-bond donors (Lipinski definition) is 0. The Morgan fingerprint density at radius 1 is 1.16 bits per heavy atom. The first-order valence-electron chi connectivity index (χ1n) is 6.77. The van der Waals surface area contributed by atoms with Gasteiger partial charge in [0.05, 0.1) is 15.5 Å². The van der Waals surface area contributed by atoms with Crippen molar-refractivity contribution >= 4 is 69.4 Å². The molecule has 0 aromatic heterocycles. The fourth-order valence-corrected chi connectivity index (χ4v) is 2.98. The summed E-state index contributed by atoms with van der Waals surface area (Å²) in [5, 5.41) is 11.4. The SMILES string of the molecule is O=C1OC(c2cc(I)ccc2Cl)=N/C1=C\c1ccc(Cl)c([N+](=O)[O-])c1. The molecule has 0 aliphatic carbocycles. The Morgan fingerprint density at radius 2 is 1.88 bits per heavy atom. The third kappa shape index (κ3) is 3.83. The summed E-state index contributed by atoms with van der Waals surface area (Å²) in [5.41, 5.74) is 0.656. The van der Waals surface area contributed by atoms with E-state index in [4.69, 9.17) is 27.9 Å². The van der Waals surface area contributed by atoms with E-state index in [1.165, 1.54) is 18.2 Å². The summed E-state index contributed by atoms with van der Waals surface area (Å²) >= 11 is 14.0. The number of nitro benzene ring substituents is 1. The number of hydrogen-bond acceptors (Lipinski definition) is 5. The van der Waals surface area contributed by atoms with Crippen LogP contribution < -0.4 is 0 Å². The zero-order valence-electron chi connectivity index (χ0n) is 12.2. The smallest absolute Gasteiger partial charge is 0.363 e. The number of halogens is 3. The van der Waals surface area contributed by atoms with Crippen molar-refractivity contribution < 1.29 is 14.5 Å². The molecule has 0 fully saturated rings. The molecule has 1 aliphatic heterocycles. The van der Waals surface area contributed by atoms with Crippen LogP contribution in [-0.2, 0) is 9.53 Å². The maximum atomic E-state index is 12.0. The van der Waals surface area contributed by atoms with Crippen LogP contribution in [0.2, 0.25) is 10.0 Å². The van der Waals surface area contributed by atoms with E-state index in [-0.39, 0.29) is 22.3 Å². The predicted molar refractivity (Wildman–Crippen MR) is 103 cm³/mol. The average Bonchev–Trinajstić information content (AvgIpc) is 2.92. The molecule has 0 unspecified atom stereocenters. The lowest BCUT2D eigenvalue weighted by molar-refractivity contribution is -0.384. The van der Waals surface area contributed by atoms with Crippen molar-refractivity contribution in [1.82, 2.24) is 0 Å². The first-order valence-corrected chi connectivity index (χ1v) is 8.60. The highest BCUT2D eigenvalue weighted by molar-refractivity contribution is 14.1. The van der Waals surface area contributed by atoms with Crippen molar-refractivity contribution in [2.75, 3.05) is 0 Å². The third-order valence-electron chi connectivity index (χ3n) is 3.25. The highest BCUT2D eigenvalue weighted by Gasteiger charge is 2.26. The van der Waals surface area contributed by atoms with Gasteiger partial charge in [-0.15, -0.1) is 0 Å². The largest absolute Gasteiger partial charge is 0.402 e. The summed E-state index contributed by atoms with van der Waals surface area (Å²) < 4.78 is 6.07. The lowest BCUT2D eigenvalue weighted by Gasteiger charge is -2.02. The maximum Gasteiger partial charge on any atom is 0.363 e. The first kappa shape index (κ1) is 17.8. The number of aliphatic imine (C=N–C) groups is 1. The fourth-order valence-electron chi connectivity index (χ4n) is 2.10. The Labute approximate surface area is 165 Å². The van der Waals surface area contributed by atoms with Gasteiger partial charge in [-0.3, -0.25) is 10.1 Å². The minimum Gasteiger partial charge on any atom is -0.402 e. The maximum absolute atomic E-state index is 12.0. The van der Waals surface area contributed by atoms with Crippen LogP contribution in [0.3, 0.4) is 0 Å². The number of ether oxygens (including phenoxy) is 1. The van der Waals surface area contributed by atoms with Crippen LogP contribution in [-0.4, -0.2) is 16.8 Å². The molecule has 6 nitrogen and oxygen atoms in total. The standard InChI is InChI=1S/C16H7Cl2IN2O4/c17-11-4-2-9(19)7-10(11)15-20-13(16(22)25-15)5-8-1-3-12(18)14(6-8)21(23)24/h1-7H/b13-5-. The molecule has 3 rings (SSSR count). The molecule has 0 atom stereocenters. The molecule has 1 heterocycles. The van der Waals surface area contributed by atoms with Crippen molar-refractivity contribution in [3.63, 3.8) is 0 Å². The number of carbonyl (C=O) groups excluding carboxylic acids is 1. The molecule has 25 heavy (non-hydrogen) atoms. The van der Waals surface area contributed by atoms with E-state index in [0.717, 1.165) is 3.57 Å². The number of cyclic esters (lactones) is 1. The topological polar surface area (TPSA) is 81.8 Å². The van der Waals surface area contributed by atoms with Crippen LogP contribution in [0, 0.1) is 13.7 Å². The molecule has 0 N–H and O–H groups in total. The Kier molecular flexibility index (Phi) is 5.07. The van der Waals surface area contributed by atoms with E-state index in [0.29, 0.717) is 16.1 Å². The van der Waals surface area contributed by atoms with Gasteiger partial charge in [-0.25, -0.2) is 9.79 Å². The second-order valence-corrected chi connectivity index (χ2v) is 6.99. The van der Waals surface area contributed by atoms with Crippen molar-refractivity contribution in [3.8, 4) is 0 Å². The van der Waals surface area contributed by atoms with E-state index < -0.39 is 10.9 Å². The van der Waals surface area contributed by atoms with Crippen LogP contribution in [0.25, 0.3) is 6.08 Å². The average molecular weight is 489 g/mol. The predicted octanol–water partition coefficient (Wildman–Crippen LogP) is 4.85. The van der Waals surface area contributed by atoms with Gasteiger partial charge in [0.1, 0.15) is 5.02 Å². The fraction of sp³-hybridized carbons (Fsp3) is 0. The van der Waals surface area contributed by atoms with Crippen molar-refractivity contribution in [2.24, 2.45) is 4.99 Å². The summed E-state index contributed by atoms with van der Waals surface area (Å²) in [6, 6.07) is 9.42. The molecule has 0 saturated carbocycles. The summed E-state index contributed by atoms with van der Waals surface area (Å²) in [4.78, 5) is 26.5. The molecule has 2 aromatic rings. The van der Waals surface area contributed by atoms with Gasteiger partial charge in [0.2, 0.25) is 5.90 Å². The lowest BCUT2D eigenvalue weighted by Crippen LogP contribution is -2.06. The van der Waals surface area contributed by atoms with Crippen molar-refractivity contribution in [1.29, 1.82) is 0 Å². The van der Waals surface area contributed by atoms with Gasteiger partial charge < -0.3 is 4.74 Å². The number of benzene rings is 2. The van der Waals surface area contributed by atoms with Crippen LogP contribution in [0.1, 0.15) is 11.1 Å². The van der Waals surface area contributed by atoms with E-state index in [1.54, 1.807) is 18.2 Å². The van der Waals surface area contributed by atoms with Crippen LogP contribution in [0.5, 0.6) is 0 Å². The molecular weight excluding hydrogens is 482 g/mol. The Bertz CT molecular complexity index is 973. The second kappa shape index (κ2) is 7.11. The van der Waals surface area contributed by atoms with Crippen LogP contribution in [0.4, 0.5) is 5.69 Å². The first-order chi connectivity index (χ1) is 11.8. The van der Waals surface area contributed by atoms with E-state index in [9.17, 15) is 14.9 Å². The Balaban J connectivity index is 2.00. The normalized spacial score (nSPS) is 15.2. The summed E-state index contributed by atoms with van der Waals surface area (Å²) in [5.74, 6) is -0.578. The lowest BCUT2D eigenvalue weighted by atomic mass is 10.1. The van der Waals surface area contributed by atoms with Crippen LogP contribution in [0.15, 0.2) is 47.1 Å². The summed E-state index contributed by atoms with van der Waals surface area (Å²) in [7, 11) is 0. The monoisotopic (exact) mass is 488 g/mol.